The van der Waals surface area contributed by atoms with Crippen LogP contribution in [0.25, 0.3) is 0 Å². The number of carbonyl (C=O) groups is 1. The van der Waals surface area contributed by atoms with Crippen molar-refractivity contribution in [3.63, 3.8) is 0 Å². The molecule has 0 atom stereocenters. The van der Waals surface area contributed by atoms with Gasteiger partial charge < -0.3 is 14.2 Å². The molecule has 0 aliphatic carbocycles. The molecule has 0 unspecified atom stereocenters. The van der Waals surface area contributed by atoms with Crippen LogP contribution >= 0.6 is 0 Å². The minimum atomic E-state index is -0.229. The number of rotatable bonds is 3. The van der Waals surface area contributed by atoms with Crippen LogP contribution in [0.15, 0.2) is 33.3 Å². The van der Waals surface area contributed by atoms with Gasteiger partial charge in [0.05, 0.1) is 12.8 Å². The molecule has 4 nitrogen and oxygen atoms in total. The maximum absolute atomic E-state index is 11.7. The van der Waals surface area contributed by atoms with E-state index >= 15 is 0 Å². The zero-order chi connectivity index (χ0) is 11.5. The summed E-state index contributed by atoms with van der Waals surface area (Å²) in [6.07, 6.45) is 1.57. The standard InChI is InChI=1S/C12H13NO3/c1-8-6-11(16-9(8)2)12(14)13-7-10-4-3-5-15-10/h3-6H,7H2,1-2H3,(H,13,14). The molecule has 0 spiro atoms. The summed E-state index contributed by atoms with van der Waals surface area (Å²) in [5.74, 6) is 1.59. The van der Waals surface area contributed by atoms with Gasteiger partial charge in [-0.2, -0.15) is 0 Å². The Bertz CT molecular complexity index is 463. The van der Waals surface area contributed by atoms with Crippen LogP contribution in [0.1, 0.15) is 27.6 Å². The van der Waals surface area contributed by atoms with E-state index in [1.807, 2.05) is 13.8 Å². The van der Waals surface area contributed by atoms with Gasteiger partial charge in [0.25, 0.3) is 5.91 Å². The third-order valence-corrected chi connectivity index (χ3v) is 2.39. The first-order valence-corrected chi connectivity index (χ1v) is 5.04. The van der Waals surface area contributed by atoms with E-state index in [-0.39, 0.29) is 5.91 Å². The molecule has 0 radical (unpaired) electrons. The second-order valence-corrected chi connectivity index (χ2v) is 3.61. The largest absolute Gasteiger partial charge is 0.467 e. The topological polar surface area (TPSA) is 55.4 Å². The van der Waals surface area contributed by atoms with Crippen LogP contribution in [-0.4, -0.2) is 5.91 Å². The van der Waals surface area contributed by atoms with Crippen molar-refractivity contribution in [1.29, 1.82) is 0 Å². The first-order chi connectivity index (χ1) is 7.66. The van der Waals surface area contributed by atoms with Crippen LogP contribution in [0.2, 0.25) is 0 Å². The van der Waals surface area contributed by atoms with Gasteiger partial charge in [-0.1, -0.05) is 0 Å². The smallest absolute Gasteiger partial charge is 0.287 e. The average Bonchev–Trinajstić information content (AvgIpc) is 2.86. The summed E-state index contributed by atoms with van der Waals surface area (Å²) >= 11 is 0. The lowest BCUT2D eigenvalue weighted by molar-refractivity contribution is 0.0919. The third-order valence-electron chi connectivity index (χ3n) is 2.39. The molecule has 16 heavy (non-hydrogen) atoms. The lowest BCUT2D eigenvalue weighted by Crippen LogP contribution is -2.21. The molecule has 0 aromatic carbocycles. The van der Waals surface area contributed by atoms with Gasteiger partial charge in [-0.15, -0.1) is 0 Å². The van der Waals surface area contributed by atoms with Crippen LogP contribution in [-0.2, 0) is 6.54 Å². The van der Waals surface area contributed by atoms with E-state index < -0.39 is 0 Å². The summed E-state index contributed by atoms with van der Waals surface area (Å²) in [6, 6.07) is 5.31. The van der Waals surface area contributed by atoms with Gasteiger partial charge in [-0.05, 0) is 37.6 Å². The summed E-state index contributed by atoms with van der Waals surface area (Å²) in [6.45, 7) is 4.10. The molecule has 2 rings (SSSR count). The molecule has 4 heteroatoms. The Hall–Kier alpha value is -1.97. The van der Waals surface area contributed by atoms with E-state index in [1.54, 1.807) is 24.5 Å². The van der Waals surface area contributed by atoms with Crippen LogP contribution in [0.3, 0.4) is 0 Å². The van der Waals surface area contributed by atoms with E-state index in [2.05, 4.69) is 5.32 Å². The normalized spacial score (nSPS) is 10.4. The van der Waals surface area contributed by atoms with E-state index in [0.717, 1.165) is 11.3 Å². The van der Waals surface area contributed by atoms with Gasteiger partial charge in [0.2, 0.25) is 0 Å². The first-order valence-electron chi connectivity index (χ1n) is 5.04. The van der Waals surface area contributed by atoms with Crippen molar-refractivity contribution in [2.75, 3.05) is 0 Å². The highest BCUT2D eigenvalue weighted by molar-refractivity contribution is 5.91. The maximum atomic E-state index is 11.7. The van der Waals surface area contributed by atoms with Crippen LogP contribution in [0.4, 0.5) is 0 Å². The summed E-state index contributed by atoms with van der Waals surface area (Å²) in [4.78, 5) is 11.7. The van der Waals surface area contributed by atoms with Gasteiger partial charge in [-0.25, -0.2) is 0 Å². The molecular formula is C12H13NO3. The van der Waals surface area contributed by atoms with E-state index in [9.17, 15) is 4.79 Å². The predicted octanol–water partition coefficient (Wildman–Crippen LogP) is 2.42. The van der Waals surface area contributed by atoms with Crippen LogP contribution in [0, 0.1) is 13.8 Å². The highest BCUT2D eigenvalue weighted by atomic mass is 16.4. The lowest BCUT2D eigenvalue weighted by Gasteiger charge is -1.99. The van der Waals surface area contributed by atoms with Gasteiger partial charge in [0.15, 0.2) is 5.76 Å². The molecule has 0 bridgehead atoms. The van der Waals surface area contributed by atoms with E-state index in [0.29, 0.717) is 18.1 Å². The van der Waals surface area contributed by atoms with Crippen molar-refractivity contribution in [2.45, 2.75) is 20.4 Å². The van der Waals surface area contributed by atoms with Gasteiger partial charge >= 0.3 is 0 Å². The SMILES string of the molecule is Cc1cc(C(=O)NCc2ccco2)oc1C. The Labute approximate surface area is 93.2 Å². The Morgan fingerprint density at radius 2 is 2.25 bits per heavy atom. The Balaban J connectivity index is 1.98. The second-order valence-electron chi connectivity index (χ2n) is 3.61. The number of hydrogen-bond acceptors (Lipinski definition) is 3. The number of furan rings is 2. The number of nitrogens with one attached hydrogen (secondary N) is 1. The molecular weight excluding hydrogens is 206 g/mol. The van der Waals surface area contributed by atoms with Crippen molar-refractivity contribution in [3.8, 4) is 0 Å². The minimum absolute atomic E-state index is 0.229. The number of aryl methyl sites for hydroxylation is 2. The Morgan fingerprint density at radius 1 is 1.44 bits per heavy atom. The lowest BCUT2D eigenvalue weighted by atomic mass is 10.3. The molecule has 2 aromatic heterocycles. The predicted molar refractivity (Wildman–Crippen MR) is 58.1 cm³/mol. The molecule has 1 amide bonds. The molecule has 0 aliphatic heterocycles. The van der Waals surface area contributed by atoms with Gasteiger partial charge in [-0.3, -0.25) is 4.79 Å². The highest BCUT2D eigenvalue weighted by Gasteiger charge is 2.12. The second kappa shape index (κ2) is 4.26. The van der Waals surface area contributed by atoms with E-state index in [4.69, 9.17) is 8.83 Å². The van der Waals surface area contributed by atoms with Crippen LogP contribution in [0.5, 0.6) is 0 Å². The number of carbonyl (C=O) groups excluding carboxylic acids is 1. The maximum Gasteiger partial charge on any atom is 0.287 e. The van der Waals surface area contributed by atoms with Crippen molar-refractivity contribution in [1.82, 2.24) is 5.32 Å². The van der Waals surface area contributed by atoms with Gasteiger partial charge in [0, 0.05) is 0 Å². The summed E-state index contributed by atoms with van der Waals surface area (Å²) in [7, 11) is 0. The van der Waals surface area contributed by atoms with Gasteiger partial charge in [0.1, 0.15) is 11.5 Å². The van der Waals surface area contributed by atoms with Crippen molar-refractivity contribution in [3.05, 3.63) is 47.3 Å². The van der Waals surface area contributed by atoms with Crippen molar-refractivity contribution < 1.29 is 13.6 Å². The van der Waals surface area contributed by atoms with Crippen molar-refractivity contribution in [2.24, 2.45) is 0 Å². The number of amides is 1. The molecule has 2 heterocycles. The first kappa shape index (κ1) is 10.5. The minimum Gasteiger partial charge on any atom is -0.467 e. The van der Waals surface area contributed by atoms with Crippen molar-refractivity contribution >= 4 is 5.91 Å². The molecule has 0 saturated carbocycles. The Kier molecular flexibility index (Phi) is 2.81. The highest BCUT2D eigenvalue weighted by Crippen LogP contribution is 2.13. The zero-order valence-corrected chi connectivity index (χ0v) is 9.24. The van der Waals surface area contributed by atoms with Crippen LogP contribution < -0.4 is 5.32 Å². The quantitative estimate of drug-likeness (QED) is 0.862. The molecule has 0 saturated heterocycles. The average molecular weight is 219 g/mol. The molecule has 84 valence electrons. The number of hydrogen-bond donors (Lipinski definition) is 1. The monoisotopic (exact) mass is 219 g/mol. The fourth-order valence-electron chi connectivity index (χ4n) is 1.35. The fourth-order valence-corrected chi connectivity index (χ4v) is 1.35. The molecule has 2 aromatic rings. The molecule has 0 fully saturated rings. The van der Waals surface area contributed by atoms with E-state index in [1.165, 1.54) is 0 Å². The summed E-state index contributed by atoms with van der Waals surface area (Å²) in [5, 5.41) is 2.72. The zero-order valence-electron chi connectivity index (χ0n) is 9.24. The third kappa shape index (κ3) is 2.16. The molecule has 0 aliphatic rings. The fraction of sp³-hybridized carbons (Fsp3) is 0.250. The summed E-state index contributed by atoms with van der Waals surface area (Å²) in [5.41, 5.74) is 0.975. The molecule has 1 N–H and O–H groups in total. The Morgan fingerprint density at radius 3 is 2.81 bits per heavy atom. The summed E-state index contributed by atoms with van der Waals surface area (Å²) < 4.78 is 10.4.